The first-order valence-corrected chi connectivity index (χ1v) is 7.71. The molecule has 0 saturated carbocycles. The fourth-order valence-corrected chi connectivity index (χ4v) is 2.39. The first-order chi connectivity index (χ1) is 11.6. The molecule has 0 spiro atoms. The zero-order chi connectivity index (χ0) is 17.1. The van der Waals surface area contributed by atoms with Crippen molar-refractivity contribution in [2.45, 2.75) is 20.0 Å². The number of para-hydroxylation sites is 1. The maximum atomic E-state index is 12.4. The summed E-state index contributed by atoms with van der Waals surface area (Å²) >= 11 is 0. The smallest absolute Gasteiger partial charge is 0.291 e. The van der Waals surface area contributed by atoms with Gasteiger partial charge in [-0.25, -0.2) is 0 Å². The summed E-state index contributed by atoms with van der Waals surface area (Å²) in [6.45, 7) is 3.93. The van der Waals surface area contributed by atoms with Crippen LogP contribution >= 0.6 is 0 Å². The lowest BCUT2D eigenvalue weighted by Crippen LogP contribution is -2.11. The van der Waals surface area contributed by atoms with Crippen molar-refractivity contribution in [3.05, 3.63) is 54.3 Å². The second kappa shape index (κ2) is 6.66. The molecule has 0 aliphatic carbocycles. The Hall–Kier alpha value is -2.95. The summed E-state index contributed by atoms with van der Waals surface area (Å²) in [5, 5.41) is 3.63. The quantitative estimate of drug-likeness (QED) is 0.751. The minimum Gasteiger partial charge on any atom is -0.493 e. The van der Waals surface area contributed by atoms with Crippen molar-refractivity contribution >= 4 is 22.6 Å². The van der Waals surface area contributed by atoms with Crippen LogP contribution in [-0.2, 0) is 0 Å². The van der Waals surface area contributed by atoms with Gasteiger partial charge in [0.25, 0.3) is 5.91 Å². The highest BCUT2D eigenvalue weighted by atomic mass is 16.5. The number of carbonyl (C=O) groups excluding carboxylic acids is 1. The Labute approximate surface area is 140 Å². The van der Waals surface area contributed by atoms with Crippen molar-refractivity contribution in [1.29, 1.82) is 0 Å². The first kappa shape index (κ1) is 15.9. The number of anilines is 1. The highest BCUT2D eigenvalue weighted by Gasteiger charge is 2.15. The number of benzene rings is 2. The molecule has 5 heteroatoms. The minimum atomic E-state index is -0.314. The maximum absolute atomic E-state index is 12.4. The van der Waals surface area contributed by atoms with E-state index in [9.17, 15) is 4.79 Å². The molecule has 5 nitrogen and oxygen atoms in total. The Morgan fingerprint density at radius 1 is 1.12 bits per heavy atom. The van der Waals surface area contributed by atoms with Gasteiger partial charge in [0, 0.05) is 11.1 Å². The van der Waals surface area contributed by atoms with Crippen LogP contribution in [-0.4, -0.2) is 19.1 Å². The molecule has 0 aliphatic rings. The van der Waals surface area contributed by atoms with Crippen molar-refractivity contribution in [2.75, 3.05) is 12.4 Å². The van der Waals surface area contributed by atoms with E-state index < -0.39 is 0 Å². The first-order valence-electron chi connectivity index (χ1n) is 7.71. The van der Waals surface area contributed by atoms with Gasteiger partial charge in [0.15, 0.2) is 17.1 Å². The van der Waals surface area contributed by atoms with E-state index in [0.29, 0.717) is 17.0 Å². The van der Waals surface area contributed by atoms with E-state index in [1.165, 1.54) is 0 Å². The number of ether oxygens (including phenoxy) is 2. The van der Waals surface area contributed by atoms with Crippen molar-refractivity contribution in [2.24, 2.45) is 0 Å². The van der Waals surface area contributed by atoms with Gasteiger partial charge in [0.1, 0.15) is 5.75 Å². The van der Waals surface area contributed by atoms with Gasteiger partial charge in [0.05, 0.1) is 13.2 Å². The Morgan fingerprint density at radius 3 is 2.54 bits per heavy atom. The van der Waals surface area contributed by atoms with Crippen molar-refractivity contribution in [1.82, 2.24) is 0 Å². The molecule has 0 saturated heterocycles. The number of hydrogen-bond acceptors (Lipinski definition) is 4. The topological polar surface area (TPSA) is 60.7 Å². The largest absolute Gasteiger partial charge is 0.493 e. The van der Waals surface area contributed by atoms with Crippen LogP contribution in [0.1, 0.15) is 24.4 Å². The number of hydrogen-bond donors (Lipinski definition) is 1. The third-order valence-corrected chi connectivity index (χ3v) is 3.44. The average molecular weight is 325 g/mol. The second-order valence-corrected chi connectivity index (χ2v) is 5.63. The molecule has 3 rings (SSSR count). The van der Waals surface area contributed by atoms with E-state index in [1.807, 2.05) is 38.1 Å². The summed E-state index contributed by atoms with van der Waals surface area (Å²) in [4.78, 5) is 12.4. The summed E-state index contributed by atoms with van der Waals surface area (Å²) < 4.78 is 16.5. The van der Waals surface area contributed by atoms with Gasteiger partial charge in [-0.15, -0.1) is 0 Å². The predicted octanol–water partition coefficient (Wildman–Crippen LogP) is 4.48. The lowest BCUT2D eigenvalue weighted by atomic mass is 10.2. The molecule has 2 aromatic carbocycles. The highest BCUT2D eigenvalue weighted by molar-refractivity contribution is 6.05. The van der Waals surface area contributed by atoms with Crippen molar-refractivity contribution in [3.8, 4) is 11.5 Å². The average Bonchev–Trinajstić information content (AvgIpc) is 3.00. The van der Waals surface area contributed by atoms with Crippen LogP contribution in [0.3, 0.4) is 0 Å². The molecule has 1 amide bonds. The number of nitrogens with one attached hydrogen (secondary N) is 1. The van der Waals surface area contributed by atoms with Gasteiger partial charge in [-0.2, -0.15) is 0 Å². The van der Waals surface area contributed by atoms with E-state index in [4.69, 9.17) is 13.9 Å². The third kappa shape index (κ3) is 3.35. The summed E-state index contributed by atoms with van der Waals surface area (Å²) in [5.74, 6) is 1.28. The Bertz CT molecular complexity index is 849. The zero-order valence-corrected chi connectivity index (χ0v) is 13.8. The summed E-state index contributed by atoms with van der Waals surface area (Å²) in [5.41, 5.74) is 1.23. The SMILES string of the molecule is COc1cccc2cc(C(=O)Nc3ccc(OC(C)C)cc3)oc12. The molecule has 1 N–H and O–H groups in total. The van der Waals surface area contributed by atoms with Crippen LogP contribution in [0.2, 0.25) is 0 Å². The van der Waals surface area contributed by atoms with Crippen LogP contribution in [0.4, 0.5) is 5.69 Å². The molecular formula is C19H19NO4. The number of fused-ring (bicyclic) bond motifs is 1. The second-order valence-electron chi connectivity index (χ2n) is 5.63. The number of furan rings is 1. The molecule has 124 valence electrons. The molecule has 1 heterocycles. The van der Waals surface area contributed by atoms with E-state index in [0.717, 1.165) is 11.1 Å². The Balaban J connectivity index is 1.77. The lowest BCUT2D eigenvalue weighted by molar-refractivity contribution is 0.0998. The van der Waals surface area contributed by atoms with Crippen molar-refractivity contribution in [3.63, 3.8) is 0 Å². The van der Waals surface area contributed by atoms with Gasteiger partial charge < -0.3 is 19.2 Å². The summed E-state index contributed by atoms with van der Waals surface area (Å²) in [6, 6.07) is 14.4. The van der Waals surface area contributed by atoms with E-state index in [2.05, 4.69) is 5.32 Å². The molecule has 0 atom stereocenters. The third-order valence-electron chi connectivity index (χ3n) is 3.44. The predicted molar refractivity (Wildman–Crippen MR) is 92.9 cm³/mol. The number of methoxy groups -OCH3 is 1. The highest BCUT2D eigenvalue weighted by Crippen LogP contribution is 2.29. The summed E-state index contributed by atoms with van der Waals surface area (Å²) in [7, 11) is 1.57. The van der Waals surface area contributed by atoms with Gasteiger partial charge in [-0.05, 0) is 50.2 Å². The van der Waals surface area contributed by atoms with Crippen LogP contribution in [0, 0.1) is 0 Å². The Morgan fingerprint density at radius 2 is 1.88 bits per heavy atom. The summed E-state index contributed by atoms with van der Waals surface area (Å²) in [6.07, 6.45) is 0.107. The van der Waals surface area contributed by atoms with Gasteiger partial charge in [-0.1, -0.05) is 12.1 Å². The van der Waals surface area contributed by atoms with Crippen LogP contribution < -0.4 is 14.8 Å². The van der Waals surface area contributed by atoms with Crippen LogP contribution in [0.5, 0.6) is 11.5 Å². The number of carbonyl (C=O) groups is 1. The molecule has 0 aliphatic heterocycles. The molecular weight excluding hydrogens is 306 g/mol. The fraction of sp³-hybridized carbons (Fsp3) is 0.211. The van der Waals surface area contributed by atoms with Gasteiger partial charge in [-0.3, -0.25) is 4.79 Å². The molecule has 0 unspecified atom stereocenters. The van der Waals surface area contributed by atoms with Crippen LogP contribution in [0.15, 0.2) is 52.9 Å². The number of rotatable bonds is 5. The molecule has 24 heavy (non-hydrogen) atoms. The Kier molecular flexibility index (Phi) is 4.42. The van der Waals surface area contributed by atoms with Gasteiger partial charge in [0.2, 0.25) is 0 Å². The number of amides is 1. The zero-order valence-electron chi connectivity index (χ0n) is 13.8. The minimum absolute atomic E-state index is 0.107. The molecule has 3 aromatic rings. The van der Waals surface area contributed by atoms with E-state index >= 15 is 0 Å². The molecule has 0 fully saturated rings. The normalized spacial score (nSPS) is 10.8. The van der Waals surface area contributed by atoms with Crippen LogP contribution in [0.25, 0.3) is 11.0 Å². The van der Waals surface area contributed by atoms with Crippen molar-refractivity contribution < 1.29 is 18.7 Å². The fourth-order valence-electron chi connectivity index (χ4n) is 2.39. The van der Waals surface area contributed by atoms with E-state index in [1.54, 1.807) is 31.4 Å². The molecule has 1 aromatic heterocycles. The monoisotopic (exact) mass is 325 g/mol. The lowest BCUT2D eigenvalue weighted by Gasteiger charge is -2.10. The van der Waals surface area contributed by atoms with Gasteiger partial charge >= 0.3 is 0 Å². The molecule has 0 bridgehead atoms. The standard InChI is InChI=1S/C19H19NO4/c1-12(2)23-15-9-7-14(8-10-15)20-19(21)17-11-13-5-4-6-16(22-3)18(13)24-17/h4-12H,1-3H3,(H,20,21). The maximum Gasteiger partial charge on any atom is 0.291 e. The van der Waals surface area contributed by atoms with E-state index in [-0.39, 0.29) is 17.8 Å². The molecule has 0 radical (unpaired) electrons.